The highest BCUT2D eigenvalue weighted by Crippen LogP contribution is 2.25. The Morgan fingerprint density at radius 1 is 1.12 bits per heavy atom. The molecule has 1 nitrogen and oxygen atoms in total. The maximum absolute atomic E-state index is 14.1. The second kappa shape index (κ2) is 4.80. The summed E-state index contributed by atoms with van der Waals surface area (Å²) in [7, 11) is 0. The minimum absolute atomic E-state index is 0.103. The second-order valence-corrected chi connectivity index (χ2v) is 3.98. The van der Waals surface area contributed by atoms with E-state index in [1.807, 2.05) is 37.3 Å². The number of nitriles is 1. The summed E-state index contributed by atoms with van der Waals surface area (Å²) in [6.07, 6.45) is 0.103. The van der Waals surface area contributed by atoms with Crippen molar-refractivity contribution in [2.75, 3.05) is 0 Å². The zero-order valence-corrected chi connectivity index (χ0v) is 9.57. The van der Waals surface area contributed by atoms with Crippen LogP contribution in [0.15, 0.2) is 42.5 Å². The van der Waals surface area contributed by atoms with Crippen LogP contribution >= 0.6 is 0 Å². The largest absolute Gasteiger partial charge is 0.206 e. The minimum Gasteiger partial charge on any atom is -0.206 e. The van der Waals surface area contributed by atoms with Crippen LogP contribution in [0.1, 0.15) is 11.1 Å². The lowest BCUT2D eigenvalue weighted by Crippen LogP contribution is -1.92. The van der Waals surface area contributed by atoms with E-state index in [-0.39, 0.29) is 12.2 Å². The number of aryl methyl sites for hydroxylation is 1. The van der Waals surface area contributed by atoms with Gasteiger partial charge in [0.25, 0.3) is 0 Å². The third-order valence-electron chi connectivity index (χ3n) is 2.71. The molecule has 0 saturated heterocycles. The molecule has 0 amide bonds. The van der Waals surface area contributed by atoms with Gasteiger partial charge in [-0.25, -0.2) is 4.39 Å². The summed E-state index contributed by atoms with van der Waals surface area (Å²) in [5.74, 6) is -0.294. The van der Waals surface area contributed by atoms with Crippen LogP contribution in [0.4, 0.5) is 4.39 Å². The molecule has 17 heavy (non-hydrogen) atoms. The van der Waals surface area contributed by atoms with Crippen molar-refractivity contribution in [3.8, 4) is 17.2 Å². The van der Waals surface area contributed by atoms with Gasteiger partial charge in [-0.2, -0.15) is 5.26 Å². The van der Waals surface area contributed by atoms with Crippen LogP contribution in [0.5, 0.6) is 0 Å². The summed E-state index contributed by atoms with van der Waals surface area (Å²) in [4.78, 5) is 0. The molecule has 0 atom stereocenters. The standard InChI is InChI=1S/C15H12FN/c1-11-5-7-12(8-6-11)14-4-2-3-13(9-10-17)15(14)16/h2-8H,9H2,1H3. The van der Waals surface area contributed by atoms with Gasteiger partial charge in [-0.05, 0) is 12.5 Å². The lowest BCUT2D eigenvalue weighted by molar-refractivity contribution is 0.619. The first kappa shape index (κ1) is 11.3. The summed E-state index contributed by atoms with van der Waals surface area (Å²) in [5.41, 5.74) is 2.98. The summed E-state index contributed by atoms with van der Waals surface area (Å²) in [6.45, 7) is 1.99. The Bertz CT molecular complexity index is 564. The molecule has 0 aliphatic heterocycles. The van der Waals surface area contributed by atoms with Gasteiger partial charge in [0, 0.05) is 11.1 Å². The van der Waals surface area contributed by atoms with Crippen LogP contribution < -0.4 is 0 Å². The van der Waals surface area contributed by atoms with E-state index in [0.717, 1.165) is 11.1 Å². The van der Waals surface area contributed by atoms with Gasteiger partial charge >= 0.3 is 0 Å². The van der Waals surface area contributed by atoms with E-state index < -0.39 is 0 Å². The van der Waals surface area contributed by atoms with Crippen molar-refractivity contribution in [3.63, 3.8) is 0 Å². The molecule has 2 aromatic rings. The third kappa shape index (κ3) is 2.34. The molecular formula is C15H12FN. The zero-order chi connectivity index (χ0) is 12.3. The van der Waals surface area contributed by atoms with Gasteiger partial charge in [0.05, 0.1) is 12.5 Å². The highest BCUT2D eigenvalue weighted by molar-refractivity contribution is 5.65. The molecule has 0 N–H and O–H groups in total. The predicted molar refractivity (Wildman–Crippen MR) is 65.9 cm³/mol. The van der Waals surface area contributed by atoms with Crippen molar-refractivity contribution in [2.24, 2.45) is 0 Å². The van der Waals surface area contributed by atoms with Gasteiger partial charge in [0.1, 0.15) is 5.82 Å². The van der Waals surface area contributed by atoms with Gasteiger partial charge in [-0.3, -0.25) is 0 Å². The summed E-state index contributed by atoms with van der Waals surface area (Å²) >= 11 is 0. The number of halogens is 1. The van der Waals surface area contributed by atoms with Crippen LogP contribution in [-0.2, 0) is 6.42 Å². The molecule has 2 heteroatoms. The van der Waals surface area contributed by atoms with Crippen molar-refractivity contribution in [1.29, 1.82) is 5.26 Å². The van der Waals surface area contributed by atoms with Crippen LogP contribution in [0.3, 0.4) is 0 Å². The molecule has 0 aromatic heterocycles. The van der Waals surface area contributed by atoms with E-state index in [1.54, 1.807) is 18.2 Å². The molecule has 0 aliphatic rings. The molecule has 0 unspecified atom stereocenters. The smallest absolute Gasteiger partial charge is 0.135 e. The Labute approximate surface area is 100 Å². The van der Waals surface area contributed by atoms with E-state index in [4.69, 9.17) is 5.26 Å². The molecular weight excluding hydrogens is 213 g/mol. The molecule has 0 heterocycles. The first-order valence-corrected chi connectivity index (χ1v) is 5.44. The molecule has 0 saturated carbocycles. The Balaban J connectivity index is 2.49. The predicted octanol–water partition coefficient (Wildman–Crippen LogP) is 3.87. The van der Waals surface area contributed by atoms with Gasteiger partial charge in [0.2, 0.25) is 0 Å². The van der Waals surface area contributed by atoms with Crippen molar-refractivity contribution in [1.82, 2.24) is 0 Å². The topological polar surface area (TPSA) is 23.8 Å². The summed E-state index contributed by atoms with van der Waals surface area (Å²) in [5, 5.41) is 8.63. The zero-order valence-electron chi connectivity index (χ0n) is 9.57. The summed E-state index contributed by atoms with van der Waals surface area (Å²) < 4.78 is 14.1. The third-order valence-corrected chi connectivity index (χ3v) is 2.71. The van der Waals surface area contributed by atoms with Crippen molar-refractivity contribution in [2.45, 2.75) is 13.3 Å². The highest BCUT2D eigenvalue weighted by atomic mass is 19.1. The Morgan fingerprint density at radius 3 is 2.47 bits per heavy atom. The SMILES string of the molecule is Cc1ccc(-c2cccc(CC#N)c2F)cc1. The minimum atomic E-state index is -0.294. The van der Waals surface area contributed by atoms with E-state index in [0.29, 0.717) is 11.1 Å². The monoisotopic (exact) mass is 225 g/mol. The lowest BCUT2D eigenvalue weighted by atomic mass is 10.00. The number of rotatable bonds is 2. The second-order valence-electron chi connectivity index (χ2n) is 3.98. The fraction of sp³-hybridized carbons (Fsp3) is 0.133. The van der Waals surface area contributed by atoms with Crippen molar-refractivity contribution < 1.29 is 4.39 Å². The van der Waals surface area contributed by atoms with Gasteiger partial charge in [0.15, 0.2) is 0 Å². The van der Waals surface area contributed by atoms with Gasteiger partial charge in [-0.1, -0.05) is 48.0 Å². The van der Waals surface area contributed by atoms with Gasteiger partial charge in [-0.15, -0.1) is 0 Å². The number of benzene rings is 2. The van der Waals surface area contributed by atoms with Crippen LogP contribution in [-0.4, -0.2) is 0 Å². The lowest BCUT2D eigenvalue weighted by Gasteiger charge is -2.06. The van der Waals surface area contributed by atoms with E-state index in [2.05, 4.69) is 0 Å². The first-order chi connectivity index (χ1) is 8.22. The number of hydrogen-bond acceptors (Lipinski definition) is 1. The normalized spacial score (nSPS) is 9.94. The fourth-order valence-corrected chi connectivity index (χ4v) is 1.76. The molecule has 0 aliphatic carbocycles. The first-order valence-electron chi connectivity index (χ1n) is 5.44. The van der Waals surface area contributed by atoms with Crippen LogP contribution in [0.25, 0.3) is 11.1 Å². The van der Waals surface area contributed by atoms with E-state index in [1.165, 1.54) is 0 Å². The van der Waals surface area contributed by atoms with Crippen molar-refractivity contribution in [3.05, 3.63) is 59.4 Å². The molecule has 0 radical (unpaired) electrons. The molecule has 0 fully saturated rings. The molecule has 0 spiro atoms. The fourth-order valence-electron chi connectivity index (χ4n) is 1.76. The van der Waals surface area contributed by atoms with E-state index >= 15 is 0 Å². The molecule has 2 rings (SSSR count). The number of hydrogen-bond donors (Lipinski definition) is 0. The maximum Gasteiger partial charge on any atom is 0.135 e. The average molecular weight is 225 g/mol. The number of nitrogens with zero attached hydrogens (tertiary/aromatic N) is 1. The van der Waals surface area contributed by atoms with Crippen LogP contribution in [0.2, 0.25) is 0 Å². The quantitative estimate of drug-likeness (QED) is 0.761. The Hall–Kier alpha value is -2.14. The Kier molecular flexibility index (Phi) is 3.20. The van der Waals surface area contributed by atoms with E-state index in [9.17, 15) is 4.39 Å². The average Bonchev–Trinajstić information content (AvgIpc) is 2.34. The highest BCUT2D eigenvalue weighted by Gasteiger charge is 2.09. The van der Waals surface area contributed by atoms with Gasteiger partial charge < -0.3 is 0 Å². The van der Waals surface area contributed by atoms with Crippen LogP contribution in [0, 0.1) is 24.1 Å². The molecule has 2 aromatic carbocycles. The molecule has 84 valence electrons. The summed E-state index contributed by atoms with van der Waals surface area (Å²) in [6, 6.07) is 14.8. The molecule has 0 bridgehead atoms. The Morgan fingerprint density at radius 2 is 1.82 bits per heavy atom. The van der Waals surface area contributed by atoms with Crippen molar-refractivity contribution >= 4 is 0 Å². The maximum atomic E-state index is 14.1.